The second kappa shape index (κ2) is 9.77. The second-order valence-corrected chi connectivity index (χ2v) is 8.76. The number of halogens is 3. The summed E-state index contributed by atoms with van der Waals surface area (Å²) in [5, 5.41) is 0.574. The smallest absolute Gasteiger partial charge is 0.293 e. The summed E-state index contributed by atoms with van der Waals surface area (Å²) in [5.74, 6) is -0.409. The van der Waals surface area contributed by atoms with Crippen LogP contribution >= 0.6 is 35.0 Å². The number of carbonyl (C=O) groups is 2. The first-order valence-corrected chi connectivity index (χ1v) is 11.1. The molecule has 3 aromatic rings. The predicted octanol–water partition coefficient (Wildman–Crippen LogP) is 6.95. The highest BCUT2D eigenvalue weighted by molar-refractivity contribution is 8.18. The van der Waals surface area contributed by atoms with Gasteiger partial charge in [0.15, 0.2) is 0 Å². The molecule has 0 radical (unpaired) electrons. The van der Waals surface area contributed by atoms with E-state index in [9.17, 15) is 14.0 Å². The molecule has 1 fully saturated rings. The van der Waals surface area contributed by atoms with Crippen molar-refractivity contribution in [3.63, 3.8) is 0 Å². The van der Waals surface area contributed by atoms with Crippen LogP contribution in [0.25, 0.3) is 6.08 Å². The number of hydrogen-bond donors (Lipinski definition) is 0. The number of amides is 2. The van der Waals surface area contributed by atoms with Crippen molar-refractivity contribution < 1.29 is 18.7 Å². The zero-order valence-electron chi connectivity index (χ0n) is 16.6. The molecule has 4 nitrogen and oxygen atoms in total. The van der Waals surface area contributed by atoms with Crippen molar-refractivity contribution in [2.24, 2.45) is 0 Å². The van der Waals surface area contributed by atoms with Crippen molar-refractivity contribution in [1.29, 1.82) is 0 Å². The molecule has 1 aliphatic rings. The van der Waals surface area contributed by atoms with Crippen molar-refractivity contribution in [3.8, 4) is 5.75 Å². The van der Waals surface area contributed by atoms with E-state index in [0.29, 0.717) is 21.4 Å². The highest BCUT2D eigenvalue weighted by Crippen LogP contribution is 2.35. The Labute approximate surface area is 198 Å². The number of carbonyl (C=O) groups excluding carboxylic acids is 2. The standard InChI is InChI=1S/C24H16Cl2FNO3S/c25-18-10-9-17(19(26)12-18)14-31-21-8-4-2-5-15(21)11-22-23(29)28(24(30)32-22)13-16-6-1-3-7-20(16)27/h1-12H,13-14H2/b22-11+. The molecule has 3 aromatic carbocycles. The van der Waals surface area contributed by atoms with Crippen molar-refractivity contribution in [1.82, 2.24) is 4.90 Å². The largest absolute Gasteiger partial charge is 0.488 e. The van der Waals surface area contributed by atoms with Crippen LogP contribution in [0.15, 0.2) is 71.6 Å². The molecule has 0 aliphatic carbocycles. The molecular weight excluding hydrogens is 472 g/mol. The lowest BCUT2D eigenvalue weighted by Crippen LogP contribution is -2.27. The molecule has 0 bridgehead atoms. The lowest BCUT2D eigenvalue weighted by atomic mass is 10.1. The highest BCUT2D eigenvalue weighted by atomic mass is 35.5. The summed E-state index contributed by atoms with van der Waals surface area (Å²) >= 11 is 13.0. The van der Waals surface area contributed by atoms with Gasteiger partial charge >= 0.3 is 0 Å². The molecule has 1 aliphatic heterocycles. The minimum Gasteiger partial charge on any atom is -0.488 e. The molecule has 8 heteroatoms. The highest BCUT2D eigenvalue weighted by Gasteiger charge is 2.35. The number of hydrogen-bond acceptors (Lipinski definition) is 4. The molecule has 1 saturated heterocycles. The van der Waals surface area contributed by atoms with Crippen molar-refractivity contribution in [3.05, 3.63) is 104 Å². The molecule has 1 heterocycles. The van der Waals surface area contributed by atoms with Crippen molar-refractivity contribution in [2.75, 3.05) is 0 Å². The summed E-state index contributed by atoms with van der Waals surface area (Å²) in [6, 6.07) is 18.4. The molecule has 0 aromatic heterocycles. The Balaban J connectivity index is 1.53. The van der Waals surface area contributed by atoms with Crippen LogP contribution in [-0.2, 0) is 17.9 Å². The van der Waals surface area contributed by atoms with Gasteiger partial charge in [0.1, 0.15) is 18.2 Å². The van der Waals surface area contributed by atoms with Crippen molar-refractivity contribution >= 4 is 52.2 Å². The zero-order valence-corrected chi connectivity index (χ0v) is 18.9. The van der Waals surface area contributed by atoms with E-state index in [1.54, 1.807) is 66.7 Å². The lowest BCUT2D eigenvalue weighted by molar-refractivity contribution is -0.123. The minimum absolute atomic E-state index is 0.123. The molecule has 162 valence electrons. The molecule has 32 heavy (non-hydrogen) atoms. The van der Waals surface area contributed by atoms with E-state index in [1.807, 2.05) is 0 Å². The first kappa shape index (κ1) is 22.4. The molecule has 0 saturated carbocycles. The summed E-state index contributed by atoms with van der Waals surface area (Å²) in [5.41, 5.74) is 1.67. The Morgan fingerprint density at radius 3 is 2.50 bits per heavy atom. The third kappa shape index (κ3) is 4.99. The van der Waals surface area contributed by atoms with Gasteiger partial charge in [-0.15, -0.1) is 0 Å². The van der Waals surface area contributed by atoms with E-state index >= 15 is 0 Å². The maximum Gasteiger partial charge on any atom is 0.293 e. The Kier molecular flexibility index (Phi) is 6.84. The Morgan fingerprint density at radius 2 is 1.72 bits per heavy atom. The van der Waals surface area contributed by atoms with E-state index in [1.165, 1.54) is 6.07 Å². The number of para-hydroxylation sites is 1. The fourth-order valence-corrected chi connectivity index (χ4v) is 4.39. The SMILES string of the molecule is O=C1S/C(=C/c2ccccc2OCc2ccc(Cl)cc2Cl)C(=O)N1Cc1ccccc1F. The fourth-order valence-electron chi connectivity index (χ4n) is 3.10. The molecular formula is C24H16Cl2FNO3S. The first-order chi connectivity index (χ1) is 15.4. The maximum absolute atomic E-state index is 14.0. The van der Waals surface area contributed by atoms with Crippen LogP contribution in [0.3, 0.4) is 0 Å². The van der Waals surface area contributed by atoms with Gasteiger partial charge in [0.2, 0.25) is 0 Å². The topological polar surface area (TPSA) is 46.6 Å². The number of benzene rings is 3. The molecule has 0 atom stereocenters. The van der Waals surface area contributed by atoms with E-state index in [-0.39, 0.29) is 23.6 Å². The average Bonchev–Trinajstić information content (AvgIpc) is 3.03. The maximum atomic E-state index is 14.0. The Bertz CT molecular complexity index is 1230. The quantitative estimate of drug-likeness (QED) is 0.353. The van der Waals surface area contributed by atoms with E-state index < -0.39 is 17.0 Å². The van der Waals surface area contributed by atoms with Gasteiger partial charge in [-0.25, -0.2) is 4.39 Å². The van der Waals surface area contributed by atoms with Gasteiger partial charge in [-0.2, -0.15) is 0 Å². The lowest BCUT2D eigenvalue weighted by Gasteiger charge is -2.13. The monoisotopic (exact) mass is 487 g/mol. The third-order valence-electron chi connectivity index (χ3n) is 4.76. The van der Waals surface area contributed by atoms with Crippen LogP contribution in [0.5, 0.6) is 5.75 Å². The average molecular weight is 488 g/mol. The van der Waals surface area contributed by atoms with E-state index in [2.05, 4.69) is 0 Å². The zero-order chi connectivity index (χ0) is 22.7. The van der Waals surface area contributed by atoms with E-state index in [0.717, 1.165) is 22.2 Å². The van der Waals surface area contributed by atoms with Gasteiger partial charge < -0.3 is 4.74 Å². The molecule has 0 spiro atoms. The van der Waals surface area contributed by atoms with Gasteiger partial charge in [-0.3, -0.25) is 14.5 Å². The van der Waals surface area contributed by atoms with Crippen molar-refractivity contribution in [2.45, 2.75) is 13.2 Å². The van der Waals surface area contributed by atoms with Gasteiger partial charge in [0.05, 0.1) is 11.4 Å². The number of rotatable bonds is 6. The van der Waals surface area contributed by atoms with Gasteiger partial charge in [0.25, 0.3) is 11.1 Å². The fraction of sp³-hybridized carbons (Fsp3) is 0.0833. The van der Waals surface area contributed by atoms with Crippen LogP contribution in [0.2, 0.25) is 10.0 Å². The number of thioether (sulfide) groups is 1. The second-order valence-electron chi connectivity index (χ2n) is 6.92. The predicted molar refractivity (Wildman–Crippen MR) is 125 cm³/mol. The minimum atomic E-state index is -0.473. The van der Waals surface area contributed by atoms with Gasteiger partial charge in [0, 0.05) is 26.7 Å². The number of imide groups is 1. The summed E-state index contributed by atoms with van der Waals surface area (Å²) < 4.78 is 19.9. The van der Waals surface area contributed by atoms with Crippen LogP contribution in [-0.4, -0.2) is 16.0 Å². The van der Waals surface area contributed by atoms with Gasteiger partial charge in [-0.05, 0) is 42.1 Å². The number of ether oxygens (including phenoxy) is 1. The van der Waals surface area contributed by atoms with Crippen LogP contribution < -0.4 is 4.74 Å². The van der Waals surface area contributed by atoms with E-state index in [4.69, 9.17) is 27.9 Å². The Hall–Kier alpha value is -2.80. The Morgan fingerprint density at radius 1 is 0.969 bits per heavy atom. The van der Waals surface area contributed by atoms with Gasteiger partial charge in [-0.1, -0.05) is 65.7 Å². The molecule has 0 N–H and O–H groups in total. The van der Waals surface area contributed by atoms with Crippen LogP contribution in [0.1, 0.15) is 16.7 Å². The molecule has 2 amide bonds. The summed E-state index contributed by atoms with van der Waals surface area (Å²) in [6.45, 7) is 0.0809. The third-order valence-corrected chi connectivity index (χ3v) is 6.26. The summed E-state index contributed by atoms with van der Waals surface area (Å²) in [6.07, 6.45) is 1.60. The molecule has 4 rings (SSSR count). The molecule has 0 unspecified atom stereocenters. The normalized spacial score (nSPS) is 15.0. The van der Waals surface area contributed by atoms with Crippen LogP contribution in [0.4, 0.5) is 9.18 Å². The first-order valence-electron chi connectivity index (χ1n) is 9.57. The number of nitrogens with zero attached hydrogens (tertiary/aromatic N) is 1. The summed E-state index contributed by atoms with van der Waals surface area (Å²) in [4.78, 5) is 26.5. The summed E-state index contributed by atoms with van der Waals surface area (Å²) in [7, 11) is 0. The van der Waals surface area contributed by atoms with Crippen LogP contribution in [0, 0.1) is 5.82 Å².